The van der Waals surface area contributed by atoms with E-state index in [0.29, 0.717) is 6.54 Å². The monoisotopic (exact) mass is 312 g/mol. The second kappa shape index (κ2) is 9.18. The van der Waals surface area contributed by atoms with Crippen molar-refractivity contribution in [3.63, 3.8) is 0 Å². The van der Waals surface area contributed by atoms with Gasteiger partial charge >= 0.3 is 0 Å². The molecule has 4 nitrogen and oxygen atoms in total. The van der Waals surface area contributed by atoms with Gasteiger partial charge in [0.2, 0.25) is 10.0 Å². The Morgan fingerprint density at radius 2 is 1.71 bits per heavy atom. The molecule has 0 radical (unpaired) electrons. The van der Waals surface area contributed by atoms with Gasteiger partial charge in [-0.1, -0.05) is 56.9 Å². The molecule has 0 saturated heterocycles. The Balaban J connectivity index is 2.44. The van der Waals surface area contributed by atoms with Crippen LogP contribution in [0.4, 0.5) is 0 Å². The highest BCUT2D eigenvalue weighted by atomic mass is 32.2. The predicted octanol–water partition coefficient (Wildman–Crippen LogP) is 2.92. The number of unbranched alkanes of at least 4 members (excludes halogenated alkanes) is 3. The molecule has 5 heteroatoms. The third-order valence-electron chi connectivity index (χ3n) is 3.49. The highest BCUT2D eigenvalue weighted by molar-refractivity contribution is 7.88. The van der Waals surface area contributed by atoms with Gasteiger partial charge in [-0.15, -0.1) is 0 Å². The molecule has 3 N–H and O–H groups in total. The number of benzene rings is 1. The molecule has 21 heavy (non-hydrogen) atoms. The third-order valence-corrected chi connectivity index (χ3v) is 4.96. The molecule has 0 aliphatic heterocycles. The summed E-state index contributed by atoms with van der Waals surface area (Å²) in [6.45, 7) is 4.57. The fourth-order valence-corrected chi connectivity index (χ4v) is 3.72. The Kier molecular flexibility index (Phi) is 7.93. The minimum Gasteiger partial charge on any atom is -0.326 e. The fraction of sp³-hybridized carbons (Fsp3) is 0.625. The number of hydrogen-bond donors (Lipinski definition) is 2. The maximum atomic E-state index is 12.1. The summed E-state index contributed by atoms with van der Waals surface area (Å²) in [4.78, 5) is 0. The lowest BCUT2D eigenvalue weighted by atomic mass is 10.1. The van der Waals surface area contributed by atoms with Crippen LogP contribution in [0.15, 0.2) is 24.3 Å². The molecule has 0 bridgehead atoms. The number of nitrogens with two attached hydrogens (primary N) is 1. The van der Waals surface area contributed by atoms with Crippen LogP contribution in [0.1, 0.15) is 57.1 Å². The van der Waals surface area contributed by atoms with E-state index in [1.807, 2.05) is 31.2 Å². The first-order valence-electron chi connectivity index (χ1n) is 7.74. The van der Waals surface area contributed by atoms with Gasteiger partial charge in [0, 0.05) is 12.6 Å². The first-order chi connectivity index (χ1) is 9.96. The van der Waals surface area contributed by atoms with E-state index >= 15 is 0 Å². The molecule has 1 aromatic carbocycles. The summed E-state index contributed by atoms with van der Waals surface area (Å²) in [6.07, 6.45) is 5.54. The van der Waals surface area contributed by atoms with Gasteiger partial charge in [-0.3, -0.25) is 0 Å². The Morgan fingerprint density at radius 1 is 1.10 bits per heavy atom. The van der Waals surface area contributed by atoms with Gasteiger partial charge < -0.3 is 5.73 Å². The smallest absolute Gasteiger partial charge is 0.216 e. The van der Waals surface area contributed by atoms with Gasteiger partial charge in [0.15, 0.2) is 0 Å². The first-order valence-corrected chi connectivity index (χ1v) is 9.40. The van der Waals surface area contributed by atoms with Crippen molar-refractivity contribution in [2.45, 2.75) is 64.3 Å². The molecule has 1 atom stereocenters. The molecular weight excluding hydrogens is 284 g/mol. The first kappa shape index (κ1) is 18.1. The van der Waals surface area contributed by atoms with Crippen molar-refractivity contribution in [3.05, 3.63) is 35.4 Å². The number of nitrogens with one attached hydrogen (secondary N) is 1. The van der Waals surface area contributed by atoms with Gasteiger partial charge in [0.25, 0.3) is 0 Å². The maximum absolute atomic E-state index is 12.1. The summed E-state index contributed by atoms with van der Waals surface area (Å²) in [5.41, 5.74) is 7.33. The molecule has 1 rings (SSSR count). The zero-order valence-electron chi connectivity index (χ0n) is 13.1. The van der Waals surface area contributed by atoms with Crippen molar-refractivity contribution in [1.82, 2.24) is 4.72 Å². The summed E-state index contributed by atoms with van der Waals surface area (Å²) < 4.78 is 27.0. The van der Waals surface area contributed by atoms with E-state index in [4.69, 9.17) is 5.73 Å². The van der Waals surface area contributed by atoms with Gasteiger partial charge in [0.05, 0.1) is 5.75 Å². The Bertz CT molecular complexity index is 498. The van der Waals surface area contributed by atoms with Crippen molar-refractivity contribution >= 4 is 10.0 Å². The van der Waals surface area contributed by atoms with Crippen LogP contribution in [-0.2, 0) is 22.3 Å². The third kappa shape index (κ3) is 7.60. The number of rotatable bonds is 10. The van der Waals surface area contributed by atoms with Crippen molar-refractivity contribution in [3.8, 4) is 0 Å². The molecule has 0 aliphatic carbocycles. The molecular formula is C16H28N2O2S. The summed E-state index contributed by atoms with van der Waals surface area (Å²) in [5, 5.41) is 0. The van der Waals surface area contributed by atoms with Crippen LogP contribution in [0.3, 0.4) is 0 Å². The van der Waals surface area contributed by atoms with E-state index in [9.17, 15) is 8.42 Å². The average Bonchev–Trinajstić information content (AvgIpc) is 2.43. The molecule has 1 aromatic rings. The van der Waals surface area contributed by atoms with Crippen LogP contribution in [-0.4, -0.2) is 14.5 Å². The van der Waals surface area contributed by atoms with Crippen LogP contribution >= 0.6 is 0 Å². The van der Waals surface area contributed by atoms with Crippen molar-refractivity contribution < 1.29 is 8.42 Å². The Morgan fingerprint density at radius 3 is 2.29 bits per heavy atom. The molecule has 0 aliphatic rings. The van der Waals surface area contributed by atoms with Crippen molar-refractivity contribution in [1.29, 1.82) is 0 Å². The summed E-state index contributed by atoms with van der Waals surface area (Å²) >= 11 is 0. The van der Waals surface area contributed by atoms with Crippen LogP contribution in [0.5, 0.6) is 0 Å². The van der Waals surface area contributed by atoms with Crippen LogP contribution in [0, 0.1) is 0 Å². The minimum absolute atomic E-state index is 0.00447. The largest absolute Gasteiger partial charge is 0.326 e. The molecule has 0 fully saturated rings. The Hall–Kier alpha value is -0.910. The maximum Gasteiger partial charge on any atom is 0.216 e. The summed E-state index contributed by atoms with van der Waals surface area (Å²) in [6, 6.07) is 7.40. The molecule has 0 amide bonds. The van der Waals surface area contributed by atoms with Gasteiger partial charge in [-0.25, -0.2) is 13.1 Å². The average molecular weight is 312 g/mol. The lowest BCUT2D eigenvalue weighted by molar-refractivity contribution is 0.521. The van der Waals surface area contributed by atoms with Gasteiger partial charge in [-0.2, -0.15) is 0 Å². The van der Waals surface area contributed by atoms with Crippen LogP contribution in [0.25, 0.3) is 0 Å². The van der Waals surface area contributed by atoms with Gasteiger partial charge in [0.1, 0.15) is 0 Å². The normalized spacial score (nSPS) is 13.3. The van der Waals surface area contributed by atoms with Crippen molar-refractivity contribution in [2.24, 2.45) is 5.73 Å². The van der Waals surface area contributed by atoms with E-state index in [-0.39, 0.29) is 11.8 Å². The SMILES string of the molecule is CCCCCCC(C)NS(=O)(=O)Cc1ccc(CN)cc1. The number of hydrogen-bond acceptors (Lipinski definition) is 3. The van der Waals surface area contributed by atoms with E-state index in [0.717, 1.165) is 24.0 Å². The second-order valence-corrected chi connectivity index (χ2v) is 7.40. The highest BCUT2D eigenvalue weighted by Crippen LogP contribution is 2.10. The minimum atomic E-state index is -3.28. The number of sulfonamides is 1. The summed E-state index contributed by atoms with van der Waals surface area (Å²) in [7, 11) is -3.28. The molecule has 120 valence electrons. The zero-order chi connectivity index (χ0) is 15.7. The highest BCUT2D eigenvalue weighted by Gasteiger charge is 2.15. The lowest BCUT2D eigenvalue weighted by Crippen LogP contribution is -2.33. The molecule has 0 spiro atoms. The van der Waals surface area contributed by atoms with E-state index in [1.165, 1.54) is 19.3 Å². The molecule has 0 heterocycles. The Labute approximate surface area is 129 Å². The van der Waals surface area contributed by atoms with E-state index in [1.54, 1.807) is 0 Å². The van der Waals surface area contributed by atoms with Crippen LogP contribution in [0.2, 0.25) is 0 Å². The van der Waals surface area contributed by atoms with E-state index < -0.39 is 10.0 Å². The molecule has 0 aromatic heterocycles. The standard InChI is InChI=1S/C16H28N2O2S/c1-3-4-5-6-7-14(2)18-21(19,20)13-16-10-8-15(12-17)9-11-16/h8-11,14,18H,3-7,12-13,17H2,1-2H3. The van der Waals surface area contributed by atoms with Crippen molar-refractivity contribution in [2.75, 3.05) is 0 Å². The predicted molar refractivity (Wildman–Crippen MR) is 88.3 cm³/mol. The molecule has 1 unspecified atom stereocenters. The quantitative estimate of drug-likeness (QED) is 0.652. The zero-order valence-corrected chi connectivity index (χ0v) is 14.0. The lowest BCUT2D eigenvalue weighted by Gasteiger charge is -2.14. The summed E-state index contributed by atoms with van der Waals surface area (Å²) in [5.74, 6) is 0.0250. The second-order valence-electron chi connectivity index (χ2n) is 5.65. The fourth-order valence-electron chi connectivity index (χ4n) is 2.28. The van der Waals surface area contributed by atoms with Crippen LogP contribution < -0.4 is 10.5 Å². The topological polar surface area (TPSA) is 72.2 Å². The molecule has 0 saturated carbocycles. The van der Waals surface area contributed by atoms with Gasteiger partial charge in [-0.05, 0) is 24.5 Å². The van der Waals surface area contributed by atoms with E-state index in [2.05, 4.69) is 11.6 Å².